The summed E-state index contributed by atoms with van der Waals surface area (Å²) in [5.74, 6) is -0.840. The van der Waals surface area contributed by atoms with Crippen molar-refractivity contribution in [1.82, 2.24) is 0 Å². The average Bonchev–Trinajstić information content (AvgIpc) is 2.77. The number of hydrogen-bond donors (Lipinski definition) is 2. The Balaban J connectivity index is 2.51. The van der Waals surface area contributed by atoms with Gasteiger partial charge in [-0.15, -0.1) is 0 Å². The van der Waals surface area contributed by atoms with Gasteiger partial charge >= 0.3 is 5.97 Å². The van der Waals surface area contributed by atoms with E-state index in [1.54, 1.807) is 7.11 Å². The number of aliphatic carboxylic acids is 1. The molecule has 0 bridgehead atoms. The molecule has 0 saturated carbocycles. The monoisotopic (exact) mass is 474 g/mol. The first-order chi connectivity index (χ1) is 15.9. The fourth-order valence-electron chi connectivity index (χ4n) is 4.45. The molecule has 0 aliphatic carbocycles. The largest absolute Gasteiger partial charge is 0.481 e. The minimum atomic E-state index is -0.840. The Morgan fingerprint density at radius 3 is 2.36 bits per heavy atom. The molecule has 0 amide bonds. The van der Waals surface area contributed by atoms with E-state index in [9.17, 15) is 15.0 Å². The van der Waals surface area contributed by atoms with E-state index >= 15 is 0 Å². The van der Waals surface area contributed by atoms with Crippen LogP contribution in [-0.4, -0.2) is 73.1 Å². The standard InChI is InChI=1S/C26H50O7/c1-5-8-10-11-20(27)12-14-32-21(7-3)15-22(30-4)16-24-17-23(31-13-9-6-2)18-25(33-24)19-26(28)29/h20-25,27H,5-19H2,1-4H3,(H,28,29)/t20-,21?,22-,23+,24?,25?/m1/s1. The Bertz CT molecular complexity index is 487. The number of unbranched alkanes of at least 4 members (excludes halogenated alkanes) is 3. The van der Waals surface area contributed by atoms with E-state index < -0.39 is 5.97 Å². The summed E-state index contributed by atoms with van der Waals surface area (Å²) in [6.45, 7) is 7.66. The lowest BCUT2D eigenvalue weighted by atomic mass is 9.94. The van der Waals surface area contributed by atoms with Crippen LogP contribution in [0.25, 0.3) is 0 Å². The molecule has 0 radical (unpaired) electrons. The summed E-state index contributed by atoms with van der Waals surface area (Å²) in [4.78, 5) is 11.2. The van der Waals surface area contributed by atoms with Gasteiger partial charge < -0.3 is 29.2 Å². The lowest BCUT2D eigenvalue weighted by molar-refractivity contribution is -0.153. The molecule has 7 heteroatoms. The number of aliphatic hydroxyl groups excluding tert-OH is 1. The van der Waals surface area contributed by atoms with Crippen molar-refractivity contribution in [2.45, 2.75) is 141 Å². The van der Waals surface area contributed by atoms with Crippen molar-refractivity contribution in [1.29, 1.82) is 0 Å². The molecule has 0 aromatic heterocycles. The van der Waals surface area contributed by atoms with Crippen molar-refractivity contribution in [3.05, 3.63) is 0 Å². The van der Waals surface area contributed by atoms with Gasteiger partial charge in [0, 0.05) is 26.7 Å². The number of methoxy groups -OCH3 is 1. The maximum absolute atomic E-state index is 11.2. The van der Waals surface area contributed by atoms with E-state index in [1.807, 2.05) is 0 Å². The van der Waals surface area contributed by atoms with Gasteiger partial charge in [-0.1, -0.05) is 46.5 Å². The fourth-order valence-corrected chi connectivity index (χ4v) is 4.45. The van der Waals surface area contributed by atoms with Gasteiger partial charge in [0.25, 0.3) is 0 Å². The van der Waals surface area contributed by atoms with E-state index in [0.717, 1.165) is 57.8 Å². The van der Waals surface area contributed by atoms with Gasteiger partial charge in [0.05, 0.1) is 43.0 Å². The van der Waals surface area contributed by atoms with Gasteiger partial charge in [0.1, 0.15) is 0 Å². The molecule has 6 atom stereocenters. The highest BCUT2D eigenvalue weighted by molar-refractivity contribution is 5.67. The van der Waals surface area contributed by atoms with Crippen molar-refractivity contribution < 1.29 is 34.0 Å². The molecule has 3 unspecified atom stereocenters. The lowest BCUT2D eigenvalue weighted by Gasteiger charge is -2.36. The van der Waals surface area contributed by atoms with E-state index in [-0.39, 0.29) is 43.0 Å². The van der Waals surface area contributed by atoms with Gasteiger partial charge in [-0.2, -0.15) is 0 Å². The van der Waals surface area contributed by atoms with Crippen LogP contribution in [0.4, 0.5) is 0 Å². The minimum Gasteiger partial charge on any atom is -0.481 e. The molecular weight excluding hydrogens is 424 g/mol. The predicted octanol–water partition coefficient (Wildman–Crippen LogP) is 5.12. The number of carbonyl (C=O) groups is 1. The fraction of sp³-hybridized carbons (Fsp3) is 0.962. The third kappa shape index (κ3) is 14.3. The number of carboxylic acid groups (broad SMARTS) is 1. The third-order valence-electron chi connectivity index (χ3n) is 6.48. The summed E-state index contributed by atoms with van der Waals surface area (Å²) in [5, 5.41) is 19.4. The molecule has 1 aliphatic heterocycles. The minimum absolute atomic E-state index is 0.00304. The number of aliphatic hydroxyl groups is 1. The molecule has 0 spiro atoms. The van der Waals surface area contributed by atoms with Crippen LogP contribution in [0.5, 0.6) is 0 Å². The molecule has 0 aromatic carbocycles. The Morgan fingerprint density at radius 2 is 1.73 bits per heavy atom. The van der Waals surface area contributed by atoms with Gasteiger partial charge in [0.15, 0.2) is 0 Å². The first kappa shape index (κ1) is 30.3. The van der Waals surface area contributed by atoms with Crippen LogP contribution >= 0.6 is 0 Å². The van der Waals surface area contributed by atoms with Crippen LogP contribution in [0, 0.1) is 0 Å². The molecule has 1 heterocycles. The maximum Gasteiger partial charge on any atom is 0.305 e. The second-order valence-corrected chi connectivity index (χ2v) is 9.46. The highest BCUT2D eigenvalue weighted by atomic mass is 16.5. The van der Waals surface area contributed by atoms with Crippen molar-refractivity contribution in [3.63, 3.8) is 0 Å². The van der Waals surface area contributed by atoms with Gasteiger partial charge in [-0.05, 0) is 44.9 Å². The molecule has 1 saturated heterocycles. The van der Waals surface area contributed by atoms with Crippen LogP contribution in [0.2, 0.25) is 0 Å². The highest BCUT2D eigenvalue weighted by Gasteiger charge is 2.33. The first-order valence-electron chi connectivity index (χ1n) is 13.2. The predicted molar refractivity (Wildman–Crippen MR) is 130 cm³/mol. The lowest BCUT2D eigenvalue weighted by Crippen LogP contribution is -2.40. The van der Waals surface area contributed by atoms with Crippen molar-refractivity contribution in [3.8, 4) is 0 Å². The van der Waals surface area contributed by atoms with Crippen LogP contribution in [0.15, 0.2) is 0 Å². The Kier molecular flexibility index (Phi) is 17.1. The topological polar surface area (TPSA) is 94.5 Å². The number of ether oxygens (including phenoxy) is 4. The first-order valence-corrected chi connectivity index (χ1v) is 13.2. The average molecular weight is 475 g/mol. The second-order valence-electron chi connectivity index (χ2n) is 9.46. The molecule has 196 valence electrons. The number of hydrogen-bond acceptors (Lipinski definition) is 6. The normalized spacial score (nSPS) is 23.8. The van der Waals surface area contributed by atoms with Gasteiger partial charge in [-0.25, -0.2) is 0 Å². The van der Waals surface area contributed by atoms with Gasteiger partial charge in [-0.3, -0.25) is 4.79 Å². The molecule has 1 fully saturated rings. The van der Waals surface area contributed by atoms with Gasteiger partial charge in [0.2, 0.25) is 0 Å². The summed E-state index contributed by atoms with van der Waals surface area (Å²) >= 11 is 0. The van der Waals surface area contributed by atoms with Crippen LogP contribution in [0.1, 0.15) is 104 Å². The zero-order valence-electron chi connectivity index (χ0n) is 21.5. The quantitative estimate of drug-likeness (QED) is 0.237. The van der Waals surface area contributed by atoms with E-state index in [2.05, 4.69) is 20.8 Å². The zero-order chi connectivity index (χ0) is 24.5. The zero-order valence-corrected chi connectivity index (χ0v) is 21.5. The summed E-state index contributed by atoms with van der Waals surface area (Å²) in [5.41, 5.74) is 0. The molecule has 1 aliphatic rings. The number of carboxylic acids is 1. The van der Waals surface area contributed by atoms with Crippen LogP contribution < -0.4 is 0 Å². The Hall–Kier alpha value is -0.730. The van der Waals surface area contributed by atoms with Crippen LogP contribution in [0.3, 0.4) is 0 Å². The summed E-state index contributed by atoms with van der Waals surface area (Å²) in [7, 11) is 1.71. The highest BCUT2D eigenvalue weighted by Crippen LogP contribution is 2.28. The molecule has 1 rings (SSSR count). The summed E-state index contributed by atoms with van der Waals surface area (Å²) < 4.78 is 24.0. The smallest absolute Gasteiger partial charge is 0.305 e. The maximum atomic E-state index is 11.2. The van der Waals surface area contributed by atoms with E-state index in [0.29, 0.717) is 32.5 Å². The van der Waals surface area contributed by atoms with Crippen LogP contribution in [-0.2, 0) is 23.7 Å². The SMILES string of the molecule is CCCCC[C@@H](O)CCOC(CC)C[C@H](CC1C[C@H](OCCCC)CC(CC(=O)O)O1)OC. The molecule has 0 aromatic rings. The Labute approximate surface area is 201 Å². The molecule has 7 nitrogen and oxygen atoms in total. The van der Waals surface area contributed by atoms with Crippen molar-refractivity contribution in [2.24, 2.45) is 0 Å². The van der Waals surface area contributed by atoms with Crippen molar-refractivity contribution in [2.75, 3.05) is 20.3 Å². The second kappa shape index (κ2) is 18.6. The third-order valence-corrected chi connectivity index (χ3v) is 6.48. The molecule has 33 heavy (non-hydrogen) atoms. The Morgan fingerprint density at radius 1 is 1.00 bits per heavy atom. The molecular formula is C26H50O7. The van der Waals surface area contributed by atoms with E-state index in [1.165, 1.54) is 0 Å². The van der Waals surface area contributed by atoms with Crippen molar-refractivity contribution >= 4 is 5.97 Å². The summed E-state index contributed by atoms with van der Waals surface area (Å²) in [6, 6.07) is 0. The molecule has 2 N–H and O–H groups in total. The number of rotatable bonds is 20. The summed E-state index contributed by atoms with van der Waals surface area (Å²) in [6.07, 6.45) is 10.1. The van der Waals surface area contributed by atoms with E-state index in [4.69, 9.17) is 18.9 Å².